The third-order valence-electron chi connectivity index (χ3n) is 5.39. The minimum Gasteiger partial charge on any atom is -0.469 e. The number of esters is 1. The number of rotatable bonds is 3. The van der Waals surface area contributed by atoms with E-state index in [4.69, 9.17) is 10.5 Å². The Kier molecular flexibility index (Phi) is 5.25. The third-order valence-corrected chi connectivity index (χ3v) is 5.39. The molecule has 0 aromatic heterocycles. The van der Waals surface area contributed by atoms with E-state index < -0.39 is 0 Å². The standard InChI is InChI=1S/C16H28N2O3/c1-12-3-7-16(11-17,8-4-12)15(20)18-9-5-13(6-10-18)14(19)21-2/h12-13H,3-11,17H2,1-2H3. The average Bonchev–Trinajstić information content (AvgIpc) is 2.54. The maximum atomic E-state index is 12.9. The Morgan fingerprint density at radius 2 is 1.76 bits per heavy atom. The van der Waals surface area contributed by atoms with Crippen molar-refractivity contribution in [3.8, 4) is 0 Å². The van der Waals surface area contributed by atoms with Gasteiger partial charge in [-0.3, -0.25) is 9.59 Å². The van der Waals surface area contributed by atoms with Crippen LogP contribution in [-0.2, 0) is 14.3 Å². The first-order valence-electron chi connectivity index (χ1n) is 8.09. The van der Waals surface area contributed by atoms with E-state index in [1.54, 1.807) is 0 Å². The predicted octanol–water partition coefficient (Wildman–Crippen LogP) is 1.55. The summed E-state index contributed by atoms with van der Waals surface area (Å²) in [7, 11) is 1.42. The van der Waals surface area contributed by atoms with Crippen LogP contribution in [0.25, 0.3) is 0 Å². The quantitative estimate of drug-likeness (QED) is 0.802. The van der Waals surface area contributed by atoms with Crippen LogP contribution < -0.4 is 5.73 Å². The molecule has 0 radical (unpaired) electrons. The van der Waals surface area contributed by atoms with Gasteiger partial charge in [0.05, 0.1) is 18.4 Å². The second-order valence-corrected chi connectivity index (χ2v) is 6.76. The number of nitrogens with two attached hydrogens (primary N) is 1. The molecule has 1 aliphatic heterocycles. The van der Waals surface area contributed by atoms with Gasteiger partial charge in [0, 0.05) is 19.6 Å². The zero-order chi connectivity index (χ0) is 15.5. The molecule has 1 amide bonds. The van der Waals surface area contributed by atoms with Crippen molar-refractivity contribution in [1.29, 1.82) is 0 Å². The number of hydrogen-bond acceptors (Lipinski definition) is 4. The van der Waals surface area contributed by atoms with Crippen molar-refractivity contribution in [3.63, 3.8) is 0 Å². The largest absolute Gasteiger partial charge is 0.469 e. The van der Waals surface area contributed by atoms with Crippen molar-refractivity contribution in [2.24, 2.45) is 23.0 Å². The van der Waals surface area contributed by atoms with Crippen LogP contribution in [0, 0.1) is 17.3 Å². The van der Waals surface area contributed by atoms with Crippen molar-refractivity contribution in [2.45, 2.75) is 45.4 Å². The molecule has 0 aromatic carbocycles. The van der Waals surface area contributed by atoms with E-state index in [9.17, 15) is 9.59 Å². The summed E-state index contributed by atoms with van der Waals surface area (Å²) >= 11 is 0. The normalized spacial score (nSPS) is 31.0. The second kappa shape index (κ2) is 6.77. The molecule has 120 valence electrons. The SMILES string of the molecule is COC(=O)C1CCN(C(=O)C2(CN)CCC(C)CC2)CC1. The molecule has 1 saturated carbocycles. The fourth-order valence-electron chi connectivity index (χ4n) is 3.64. The van der Waals surface area contributed by atoms with Gasteiger partial charge in [0.25, 0.3) is 0 Å². The number of amides is 1. The molecule has 2 N–H and O–H groups in total. The zero-order valence-corrected chi connectivity index (χ0v) is 13.3. The molecule has 2 aliphatic rings. The molecule has 0 spiro atoms. The lowest BCUT2D eigenvalue weighted by molar-refractivity contribution is -0.152. The number of carbonyl (C=O) groups is 2. The second-order valence-electron chi connectivity index (χ2n) is 6.76. The lowest BCUT2D eigenvalue weighted by Crippen LogP contribution is -2.52. The van der Waals surface area contributed by atoms with Crippen LogP contribution in [0.2, 0.25) is 0 Å². The Morgan fingerprint density at radius 1 is 1.19 bits per heavy atom. The summed E-state index contributed by atoms with van der Waals surface area (Å²) in [5.41, 5.74) is 5.61. The summed E-state index contributed by atoms with van der Waals surface area (Å²) in [6, 6.07) is 0. The topological polar surface area (TPSA) is 72.6 Å². The summed E-state index contributed by atoms with van der Waals surface area (Å²) in [5, 5.41) is 0. The molecular formula is C16H28N2O3. The fraction of sp³-hybridized carbons (Fsp3) is 0.875. The molecule has 1 aliphatic carbocycles. The number of piperidine rings is 1. The molecular weight excluding hydrogens is 268 g/mol. The summed E-state index contributed by atoms with van der Waals surface area (Å²) in [6.07, 6.45) is 5.38. The predicted molar refractivity (Wildman–Crippen MR) is 80.4 cm³/mol. The lowest BCUT2D eigenvalue weighted by Gasteiger charge is -2.42. The summed E-state index contributed by atoms with van der Waals surface area (Å²) in [4.78, 5) is 26.4. The van der Waals surface area contributed by atoms with Crippen LogP contribution in [0.4, 0.5) is 0 Å². The zero-order valence-electron chi connectivity index (χ0n) is 13.3. The highest BCUT2D eigenvalue weighted by molar-refractivity contribution is 5.83. The maximum absolute atomic E-state index is 12.9. The van der Waals surface area contributed by atoms with Crippen molar-refractivity contribution >= 4 is 11.9 Å². The van der Waals surface area contributed by atoms with E-state index in [1.165, 1.54) is 7.11 Å². The van der Waals surface area contributed by atoms with Crippen LogP contribution >= 0.6 is 0 Å². The highest BCUT2D eigenvalue weighted by Gasteiger charge is 2.43. The Morgan fingerprint density at radius 3 is 2.24 bits per heavy atom. The Bertz CT molecular complexity index is 381. The molecule has 2 rings (SSSR count). The monoisotopic (exact) mass is 296 g/mol. The van der Waals surface area contributed by atoms with Crippen molar-refractivity contribution in [1.82, 2.24) is 4.90 Å². The smallest absolute Gasteiger partial charge is 0.308 e. The molecule has 2 fully saturated rings. The van der Waals surface area contributed by atoms with Crippen LogP contribution in [0.3, 0.4) is 0 Å². The van der Waals surface area contributed by atoms with E-state index in [2.05, 4.69) is 6.92 Å². The van der Waals surface area contributed by atoms with Crippen LogP contribution in [0.15, 0.2) is 0 Å². The van der Waals surface area contributed by atoms with E-state index >= 15 is 0 Å². The highest BCUT2D eigenvalue weighted by Crippen LogP contribution is 2.40. The van der Waals surface area contributed by atoms with Gasteiger partial charge in [0.15, 0.2) is 0 Å². The molecule has 0 unspecified atom stereocenters. The molecule has 0 aromatic rings. The van der Waals surface area contributed by atoms with E-state index in [1.807, 2.05) is 4.90 Å². The van der Waals surface area contributed by atoms with Gasteiger partial charge in [0.2, 0.25) is 5.91 Å². The number of nitrogens with zero attached hydrogens (tertiary/aromatic N) is 1. The number of ether oxygens (including phenoxy) is 1. The summed E-state index contributed by atoms with van der Waals surface area (Å²) in [6.45, 7) is 3.98. The first-order chi connectivity index (χ1) is 10.0. The molecule has 0 bridgehead atoms. The molecule has 1 heterocycles. The number of hydrogen-bond donors (Lipinski definition) is 1. The number of carbonyl (C=O) groups excluding carboxylic acids is 2. The van der Waals surface area contributed by atoms with Crippen LogP contribution in [0.5, 0.6) is 0 Å². The minimum absolute atomic E-state index is 0.0562. The average molecular weight is 296 g/mol. The Labute approximate surface area is 127 Å². The van der Waals surface area contributed by atoms with E-state index in [0.29, 0.717) is 38.4 Å². The number of methoxy groups -OCH3 is 1. The summed E-state index contributed by atoms with van der Waals surface area (Å²) in [5.74, 6) is 0.698. The van der Waals surface area contributed by atoms with Crippen molar-refractivity contribution in [2.75, 3.05) is 26.7 Å². The maximum Gasteiger partial charge on any atom is 0.308 e. The minimum atomic E-state index is -0.357. The Hall–Kier alpha value is -1.10. The van der Waals surface area contributed by atoms with Crippen LogP contribution in [-0.4, -0.2) is 43.5 Å². The van der Waals surface area contributed by atoms with Gasteiger partial charge in [-0.1, -0.05) is 6.92 Å². The van der Waals surface area contributed by atoms with Gasteiger partial charge in [-0.15, -0.1) is 0 Å². The molecule has 0 atom stereocenters. The van der Waals surface area contributed by atoms with Gasteiger partial charge < -0.3 is 15.4 Å². The fourth-order valence-corrected chi connectivity index (χ4v) is 3.64. The molecule has 21 heavy (non-hydrogen) atoms. The highest BCUT2D eigenvalue weighted by atomic mass is 16.5. The van der Waals surface area contributed by atoms with E-state index in [-0.39, 0.29) is 23.2 Å². The van der Waals surface area contributed by atoms with Crippen LogP contribution in [0.1, 0.15) is 45.4 Å². The first kappa shape index (κ1) is 16.3. The van der Waals surface area contributed by atoms with Gasteiger partial charge in [0.1, 0.15) is 0 Å². The molecule has 5 heteroatoms. The van der Waals surface area contributed by atoms with Crippen molar-refractivity contribution in [3.05, 3.63) is 0 Å². The van der Waals surface area contributed by atoms with Gasteiger partial charge in [-0.2, -0.15) is 0 Å². The lowest BCUT2D eigenvalue weighted by atomic mass is 9.69. The van der Waals surface area contributed by atoms with Gasteiger partial charge in [-0.05, 0) is 44.4 Å². The third kappa shape index (κ3) is 3.39. The number of likely N-dealkylation sites (tertiary alicyclic amines) is 1. The van der Waals surface area contributed by atoms with Gasteiger partial charge in [-0.25, -0.2) is 0 Å². The Balaban J connectivity index is 1.96. The molecule has 5 nitrogen and oxygen atoms in total. The summed E-state index contributed by atoms with van der Waals surface area (Å²) < 4.78 is 4.79. The van der Waals surface area contributed by atoms with E-state index in [0.717, 1.165) is 25.7 Å². The molecule has 1 saturated heterocycles. The first-order valence-corrected chi connectivity index (χ1v) is 8.09. The van der Waals surface area contributed by atoms with Gasteiger partial charge >= 0.3 is 5.97 Å². The van der Waals surface area contributed by atoms with Crippen molar-refractivity contribution < 1.29 is 14.3 Å².